The van der Waals surface area contributed by atoms with E-state index >= 15 is 0 Å². The Bertz CT molecular complexity index is 476. The SMILES string of the molecule is O=Cc1c(Br)[nH]c2cc(Br)ccc12. The average molecular weight is 303 g/mol. The van der Waals surface area contributed by atoms with Crippen molar-refractivity contribution in [3.8, 4) is 0 Å². The monoisotopic (exact) mass is 301 g/mol. The number of aromatic nitrogens is 1. The molecule has 0 fully saturated rings. The van der Waals surface area contributed by atoms with Gasteiger partial charge in [-0.3, -0.25) is 4.79 Å². The summed E-state index contributed by atoms with van der Waals surface area (Å²) in [6, 6.07) is 5.76. The first kappa shape index (κ1) is 8.97. The molecule has 2 nitrogen and oxygen atoms in total. The van der Waals surface area contributed by atoms with Gasteiger partial charge in [0.25, 0.3) is 0 Å². The minimum atomic E-state index is 0.669. The van der Waals surface area contributed by atoms with Crippen LogP contribution < -0.4 is 0 Å². The Kier molecular flexibility index (Phi) is 2.26. The number of nitrogens with one attached hydrogen (secondary N) is 1. The second kappa shape index (κ2) is 3.27. The van der Waals surface area contributed by atoms with Crippen LogP contribution in [0.1, 0.15) is 10.4 Å². The molecule has 0 aliphatic rings. The summed E-state index contributed by atoms with van der Waals surface area (Å²) in [6.45, 7) is 0. The summed E-state index contributed by atoms with van der Waals surface area (Å²) >= 11 is 6.66. The van der Waals surface area contributed by atoms with Gasteiger partial charge < -0.3 is 4.98 Å². The molecule has 2 rings (SSSR count). The van der Waals surface area contributed by atoms with Crippen LogP contribution in [0.4, 0.5) is 0 Å². The molecule has 0 unspecified atom stereocenters. The van der Waals surface area contributed by atoms with Crippen molar-refractivity contribution in [1.82, 2.24) is 4.98 Å². The number of fused-ring (bicyclic) bond motifs is 1. The highest BCUT2D eigenvalue weighted by Crippen LogP contribution is 2.27. The van der Waals surface area contributed by atoms with Crippen LogP contribution in [-0.4, -0.2) is 11.3 Å². The number of carbonyl (C=O) groups excluding carboxylic acids is 1. The molecule has 0 amide bonds. The van der Waals surface area contributed by atoms with Gasteiger partial charge in [0.15, 0.2) is 6.29 Å². The fourth-order valence-electron chi connectivity index (χ4n) is 1.27. The molecule has 1 N–H and O–H groups in total. The van der Waals surface area contributed by atoms with Crippen molar-refractivity contribution in [1.29, 1.82) is 0 Å². The number of benzene rings is 1. The summed E-state index contributed by atoms with van der Waals surface area (Å²) in [5.41, 5.74) is 1.62. The van der Waals surface area contributed by atoms with Crippen LogP contribution in [-0.2, 0) is 0 Å². The van der Waals surface area contributed by atoms with E-state index in [2.05, 4.69) is 36.8 Å². The summed E-state index contributed by atoms with van der Waals surface area (Å²) in [4.78, 5) is 13.8. The van der Waals surface area contributed by atoms with Crippen molar-refractivity contribution in [3.63, 3.8) is 0 Å². The third kappa shape index (κ3) is 1.44. The largest absolute Gasteiger partial charge is 0.349 e. The summed E-state index contributed by atoms with van der Waals surface area (Å²) in [5, 5.41) is 0.935. The van der Waals surface area contributed by atoms with E-state index in [0.717, 1.165) is 26.3 Å². The lowest BCUT2D eigenvalue weighted by molar-refractivity contribution is 0.112. The highest BCUT2D eigenvalue weighted by Gasteiger charge is 2.07. The van der Waals surface area contributed by atoms with Gasteiger partial charge in [0, 0.05) is 15.4 Å². The zero-order chi connectivity index (χ0) is 9.42. The van der Waals surface area contributed by atoms with Crippen LogP contribution in [0, 0.1) is 0 Å². The van der Waals surface area contributed by atoms with Crippen molar-refractivity contribution >= 4 is 49.0 Å². The van der Waals surface area contributed by atoms with Crippen LogP contribution in [0.15, 0.2) is 27.3 Å². The predicted octanol–water partition coefficient (Wildman–Crippen LogP) is 3.51. The quantitative estimate of drug-likeness (QED) is 0.804. The topological polar surface area (TPSA) is 32.9 Å². The van der Waals surface area contributed by atoms with Crippen LogP contribution in [0.3, 0.4) is 0 Å². The van der Waals surface area contributed by atoms with Gasteiger partial charge in [0.05, 0.1) is 10.2 Å². The van der Waals surface area contributed by atoms with Crippen molar-refractivity contribution < 1.29 is 4.79 Å². The molecule has 0 saturated heterocycles. The number of hydrogen-bond acceptors (Lipinski definition) is 1. The van der Waals surface area contributed by atoms with Crippen molar-refractivity contribution in [3.05, 3.63) is 32.8 Å². The summed E-state index contributed by atoms with van der Waals surface area (Å²) in [6.07, 6.45) is 0.844. The standard InChI is InChI=1S/C9H5Br2NO/c10-5-1-2-6-7(4-13)9(11)12-8(6)3-5/h1-4,12H. The molecule has 0 radical (unpaired) electrons. The maximum Gasteiger partial charge on any atom is 0.153 e. The Hall–Kier alpha value is -0.610. The molecule has 1 aromatic carbocycles. The van der Waals surface area contributed by atoms with E-state index in [4.69, 9.17) is 0 Å². The normalized spacial score (nSPS) is 10.6. The second-order valence-electron chi connectivity index (χ2n) is 2.66. The maximum absolute atomic E-state index is 10.7. The molecule has 0 atom stereocenters. The van der Waals surface area contributed by atoms with E-state index in [9.17, 15) is 4.79 Å². The molecular formula is C9H5Br2NO. The van der Waals surface area contributed by atoms with E-state index in [1.165, 1.54) is 0 Å². The Morgan fingerprint density at radius 3 is 2.77 bits per heavy atom. The van der Waals surface area contributed by atoms with Crippen LogP contribution in [0.5, 0.6) is 0 Å². The summed E-state index contributed by atoms with van der Waals surface area (Å²) < 4.78 is 1.72. The smallest absolute Gasteiger partial charge is 0.153 e. The van der Waals surface area contributed by atoms with Crippen LogP contribution >= 0.6 is 31.9 Å². The molecule has 0 aliphatic carbocycles. The minimum absolute atomic E-state index is 0.669. The zero-order valence-corrected chi connectivity index (χ0v) is 9.65. The van der Waals surface area contributed by atoms with E-state index < -0.39 is 0 Å². The minimum Gasteiger partial charge on any atom is -0.349 e. The Morgan fingerprint density at radius 2 is 2.08 bits per heavy atom. The fourth-order valence-corrected chi connectivity index (χ4v) is 2.16. The Morgan fingerprint density at radius 1 is 1.31 bits per heavy atom. The van der Waals surface area contributed by atoms with Gasteiger partial charge in [-0.1, -0.05) is 22.0 Å². The van der Waals surface area contributed by atoms with Gasteiger partial charge in [-0.15, -0.1) is 0 Å². The number of aromatic amines is 1. The zero-order valence-electron chi connectivity index (χ0n) is 6.47. The van der Waals surface area contributed by atoms with Gasteiger partial charge >= 0.3 is 0 Å². The van der Waals surface area contributed by atoms with Crippen molar-refractivity contribution in [2.45, 2.75) is 0 Å². The number of H-pyrrole nitrogens is 1. The highest BCUT2D eigenvalue weighted by atomic mass is 79.9. The van der Waals surface area contributed by atoms with Crippen LogP contribution in [0.2, 0.25) is 0 Å². The highest BCUT2D eigenvalue weighted by molar-refractivity contribution is 9.10. The lowest BCUT2D eigenvalue weighted by atomic mass is 10.2. The van der Waals surface area contributed by atoms with Gasteiger partial charge in [0.2, 0.25) is 0 Å². The average Bonchev–Trinajstić information content (AvgIpc) is 2.39. The first-order chi connectivity index (χ1) is 6.22. The number of carbonyl (C=O) groups is 1. The number of aldehydes is 1. The molecule has 13 heavy (non-hydrogen) atoms. The van der Waals surface area contributed by atoms with E-state index in [1.54, 1.807) is 0 Å². The van der Waals surface area contributed by atoms with Gasteiger partial charge in [-0.05, 0) is 28.1 Å². The molecule has 4 heteroatoms. The van der Waals surface area contributed by atoms with Gasteiger partial charge in [-0.2, -0.15) is 0 Å². The molecule has 1 aromatic heterocycles. The number of hydrogen-bond donors (Lipinski definition) is 1. The number of rotatable bonds is 1. The molecule has 0 aliphatic heterocycles. The van der Waals surface area contributed by atoms with E-state index in [1.807, 2.05) is 18.2 Å². The van der Waals surface area contributed by atoms with E-state index in [0.29, 0.717) is 5.56 Å². The lowest BCUT2D eigenvalue weighted by Gasteiger charge is -1.90. The van der Waals surface area contributed by atoms with Crippen molar-refractivity contribution in [2.75, 3.05) is 0 Å². The third-order valence-electron chi connectivity index (χ3n) is 1.87. The second-order valence-corrected chi connectivity index (χ2v) is 4.37. The van der Waals surface area contributed by atoms with Crippen LogP contribution in [0.25, 0.3) is 10.9 Å². The first-order valence-electron chi connectivity index (χ1n) is 3.64. The molecule has 2 aromatic rings. The summed E-state index contributed by atoms with van der Waals surface area (Å²) in [7, 11) is 0. The molecular weight excluding hydrogens is 298 g/mol. The van der Waals surface area contributed by atoms with E-state index in [-0.39, 0.29) is 0 Å². The maximum atomic E-state index is 10.7. The number of halogens is 2. The fraction of sp³-hybridized carbons (Fsp3) is 0. The lowest BCUT2D eigenvalue weighted by Crippen LogP contribution is -1.75. The molecule has 0 saturated carbocycles. The molecule has 0 bridgehead atoms. The Balaban J connectivity index is 2.86. The van der Waals surface area contributed by atoms with Gasteiger partial charge in [0.1, 0.15) is 0 Å². The molecule has 0 spiro atoms. The predicted molar refractivity (Wildman–Crippen MR) is 59.1 cm³/mol. The third-order valence-corrected chi connectivity index (χ3v) is 2.99. The molecule has 1 heterocycles. The van der Waals surface area contributed by atoms with Gasteiger partial charge in [-0.25, -0.2) is 0 Å². The van der Waals surface area contributed by atoms with Crippen molar-refractivity contribution in [2.24, 2.45) is 0 Å². The summed E-state index contributed by atoms with van der Waals surface area (Å²) in [5.74, 6) is 0. The Labute approximate surface area is 91.6 Å². The first-order valence-corrected chi connectivity index (χ1v) is 5.23. The molecule has 66 valence electrons.